The van der Waals surface area contributed by atoms with Crippen LogP contribution in [-0.4, -0.2) is 154 Å². The van der Waals surface area contributed by atoms with Crippen molar-refractivity contribution in [2.75, 3.05) is 32.8 Å². The van der Waals surface area contributed by atoms with E-state index in [2.05, 4.69) is 57.2 Å². The Balaban J connectivity index is 2.43. The topological polar surface area (TPSA) is 471 Å². The molecule has 0 aliphatic rings. The lowest BCUT2D eigenvalue weighted by Gasteiger charge is -2.28. The number of hydrogen-bond donors (Lipinski definition) is 16. The second kappa shape index (κ2) is 32.4. The Bertz CT molecular complexity index is 2070. The minimum absolute atomic E-state index is 0.0156. The van der Waals surface area contributed by atoms with Gasteiger partial charge in [-0.05, 0) is 69.4 Å². The van der Waals surface area contributed by atoms with Gasteiger partial charge in [0.1, 0.15) is 42.8 Å². The van der Waals surface area contributed by atoms with Crippen LogP contribution in [0.5, 0.6) is 0 Å². The van der Waals surface area contributed by atoms with Gasteiger partial charge in [-0.3, -0.25) is 48.3 Å². The predicted octanol–water partition coefficient (Wildman–Crippen LogP) is -5.09. The van der Waals surface area contributed by atoms with Gasteiger partial charge in [-0.2, -0.15) is 0 Å². The van der Waals surface area contributed by atoms with Crippen LogP contribution in [0, 0.1) is 5.92 Å². The number of benzene rings is 1. The van der Waals surface area contributed by atoms with Crippen LogP contribution >= 0.6 is 0 Å². The highest BCUT2D eigenvalue weighted by Crippen LogP contribution is 2.11. The van der Waals surface area contributed by atoms with Crippen molar-refractivity contribution in [1.82, 2.24) is 47.2 Å². The zero-order chi connectivity index (χ0) is 52.9. The number of carboxylic acids is 1. The molecule has 71 heavy (non-hydrogen) atoms. The highest BCUT2D eigenvalue weighted by Gasteiger charge is 2.34. The number of nitrogens with two attached hydrogens (primary N) is 6. The van der Waals surface area contributed by atoms with Crippen LogP contribution in [0.15, 0.2) is 52.8 Å². The van der Waals surface area contributed by atoms with Crippen molar-refractivity contribution < 1.29 is 48.6 Å². The van der Waals surface area contributed by atoms with Crippen molar-refractivity contribution >= 4 is 59.2 Å². The molecule has 0 spiro atoms. The summed E-state index contributed by atoms with van der Waals surface area (Å²) in [6.45, 7) is 2.35. The molecule has 27 nitrogen and oxygen atoms in total. The zero-order valence-electron chi connectivity index (χ0n) is 40.2. The number of imidazole rings is 1. The average Bonchev–Trinajstić information content (AvgIpc) is 3.83. The number of aliphatic imine (C=N–C) groups is 2. The summed E-state index contributed by atoms with van der Waals surface area (Å²) in [5.74, 6) is -7.70. The van der Waals surface area contributed by atoms with Gasteiger partial charge in [0, 0.05) is 37.8 Å². The molecule has 394 valence electrons. The van der Waals surface area contributed by atoms with Crippen molar-refractivity contribution in [1.29, 1.82) is 0 Å². The summed E-state index contributed by atoms with van der Waals surface area (Å²) in [4.78, 5) is 122. The number of amides is 7. The molecule has 22 N–H and O–H groups in total. The lowest BCUT2D eigenvalue weighted by atomic mass is 10.00. The molecular formula is C44H73N17O10. The standard InChI is InChI=1S/C44H73N17O10/c1-25(2)18-32(41(70)60-33(37(66)54-22-35(63)64)19-26-10-4-3-5-11-26)59-40(69)31(14-9-17-53-44(49)50)57-39(68)30(13-8-16-52-43(47)48)56-38(67)29(12-6-7-15-45)58-42(71)34(23-62)61-36(65)28(46)20-27-21-51-24-55-27/h3-5,10-11,21,24-25,28-34,62H,6-9,12-20,22-23,45-46H2,1-2H3,(H,51,55)(H,54,66)(H,56,67)(H,57,68)(H,58,71)(H,59,69)(H,60,70)(H,61,65)(H,63,64)(H4,47,48,52)(H4,49,50,53)/t28-,29-,30-,31-,32-,33-,34-/m0/s1. The van der Waals surface area contributed by atoms with Gasteiger partial charge in [0.2, 0.25) is 41.4 Å². The van der Waals surface area contributed by atoms with Crippen molar-refractivity contribution in [2.45, 2.75) is 120 Å². The van der Waals surface area contributed by atoms with Gasteiger partial charge in [-0.25, -0.2) is 4.98 Å². The number of nitrogens with zero attached hydrogens (tertiary/aromatic N) is 3. The number of aliphatic hydroxyl groups is 1. The van der Waals surface area contributed by atoms with E-state index >= 15 is 0 Å². The van der Waals surface area contributed by atoms with E-state index < -0.39 is 103 Å². The van der Waals surface area contributed by atoms with Crippen molar-refractivity contribution in [3.05, 3.63) is 54.1 Å². The number of nitrogens with one attached hydrogen (secondary N) is 8. The van der Waals surface area contributed by atoms with Crippen LogP contribution in [0.1, 0.15) is 76.5 Å². The number of rotatable bonds is 34. The Morgan fingerprint density at radius 3 is 1.58 bits per heavy atom. The second-order valence-electron chi connectivity index (χ2n) is 17.0. The van der Waals surface area contributed by atoms with Gasteiger partial charge in [-0.1, -0.05) is 44.2 Å². The van der Waals surface area contributed by atoms with Gasteiger partial charge < -0.3 is 86.8 Å². The van der Waals surface area contributed by atoms with E-state index in [4.69, 9.17) is 34.4 Å². The zero-order valence-corrected chi connectivity index (χ0v) is 40.2. The number of carbonyl (C=O) groups is 8. The maximum atomic E-state index is 14.3. The third kappa shape index (κ3) is 24.1. The van der Waals surface area contributed by atoms with Gasteiger partial charge in [0.25, 0.3) is 0 Å². The largest absolute Gasteiger partial charge is 0.480 e. The Morgan fingerprint density at radius 1 is 0.634 bits per heavy atom. The van der Waals surface area contributed by atoms with Crippen LogP contribution in [0.3, 0.4) is 0 Å². The molecule has 1 aromatic carbocycles. The molecule has 1 aromatic heterocycles. The number of hydrogen-bond acceptors (Lipinski definition) is 14. The fourth-order valence-corrected chi connectivity index (χ4v) is 6.91. The van der Waals surface area contributed by atoms with E-state index in [1.54, 1.807) is 44.2 Å². The molecule has 1 heterocycles. The van der Waals surface area contributed by atoms with Crippen molar-refractivity contribution in [3.8, 4) is 0 Å². The van der Waals surface area contributed by atoms with Gasteiger partial charge in [0.05, 0.1) is 19.0 Å². The molecular weight excluding hydrogens is 927 g/mol. The molecule has 0 aliphatic heterocycles. The summed E-state index contributed by atoms with van der Waals surface area (Å²) in [7, 11) is 0. The molecule has 7 amide bonds. The van der Waals surface area contributed by atoms with Crippen LogP contribution in [0.2, 0.25) is 0 Å². The van der Waals surface area contributed by atoms with E-state index in [0.717, 1.165) is 0 Å². The van der Waals surface area contributed by atoms with Crippen molar-refractivity contribution in [3.63, 3.8) is 0 Å². The van der Waals surface area contributed by atoms with Gasteiger partial charge >= 0.3 is 5.97 Å². The first-order chi connectivity index (χ1) is 33.7. The number of carboxylic acid groups (broad SMARTS) is 1. The summed E-state index contributed by atoms with van der Waals surface area (Å²) < 4.78 is 0. The molecule has 2 rings (SSSR count). The van der Waals surface area contributed by atoms with E-state index in [0.29, 0.717) is 24.1 Å². The highest BCUT2D eigenvalue weighted by atomic mass is 16.4. The lowest BCUT2D eigenvalue weighted by molar-refractivity contribution is -0.138. The second-order valence-corrected chi connectivity index (χ2v) is 17.0. The number of guanidine groups is 2. The van der Waals surface area contributed by atoms with Crippen LogP contribution in [0.4, 0.5) is 0 Å². The smallest absolute Gasteiger partial charge is 0.322 e. The summed E-state index contributed by atoms with van der Waals surface area (Å²) in [6, 6.07) is -0.583. The minimum Gasteiger partial charge on any atom is -0.480 e. The Morgan fingerprint density at radius 2 is 1.11 bits per heavy atom. The Labute approximate surface area is 411 Å². The normalized spacial score (nSPS) is 13.9. The first kappa shape index (κ1) is 59.7. The SMILES string of the molecule is CC(C)C[C@H](NC(=O)[C@H](CCCN=C(N)N)NC(=O)[C@H](CCCN=C(N)N)NC(=O)[C@H](CCCCN)NC(=O)[C@H](CO)NC(=O)[C@@H](N)Cc1cnc[nH]1)C(=O)N[C@@H](Cc1ccccc1)C(=O)NCC(=O)O. The monoisotopic (exact) mass is 1000 g/mol. The highest BCUT2D eigenvalue weighted by molar-refractivity contribution is 5.97. The third-order valence-corrected chi connectivity index (χ3v) is 10.6. The molecule has 2 aromatic rings. The summed E-state index contributed by atoms with van der Waals surface area (Å²) in [5.41, 5.74) is 35.0. The molecule has 0 aliphatic carbocycles. The Hall–Kier alpha value is -7.39. The molecule has 0 saturated heterocycles. The number of aliphatic hydroxyl groups excluding tert-OH is 1. The molecule has 0 saturated carbocycles. The number of aromatic nitrogens is 2. The average molecular weight is 1000 g/mol. The maximum Gasteiger partial charge on any atom is 0.322 e. The number of unbranched alkanes of at least 4 members (excludes halogenated alkanes) is 1. The number of carbonyl (C=O) groups excluding carboxylic acids is 7. The predicted molar refractivity (Wildman–Crippen MR) is 262 cm³/mol. The Kier molecular flexibility index (Phi) is 27.3. The molecule has 0 bridgehead atoms. The van der Waals surface area contributed by atoms with E-state index in [1.165, 1.54) is 12.5 Å². The molecule has 7 atom stereocenters. The number of H-pyrrole nitrogens is 1. The lowest BCUT2D eigenvalue weighted by Crippen LogP contribution is -2.60. The first-order valence-electron chi connectivity index (χ1n) is 23.2. The van der Waals surface area contributed by atoms with Gasteiger partial charge in [-0.15, -0.1) is 0 Å². The number of aliphatic carboxylic acids is 1. The quantitative estimate of drug-likeness (QED) is 0.0177. The first-order valence-corrected chi connectivity index (χ1v) is 23.2. The minimum atomic E-state index is -1.53. The van der Waals surface area contributed by atoms with Crippen LogP contribution in [0.25, 0.3) is 0 Å². The molecule has 0 unspecified atom stereocenters. The summed E-state index contributed by atoms with van der Waals surface area (Å²) in [5, 5.41) is 37.1. The summed E-state index contributed by atoms with van der Waals surface area (Å²) in [6.07, 6.45) is 3.90. The van der Waals surface area contributed by atoms with E-state index in [1.807, 2.05) is 0 Å². The summed E-state index contributed by atoms with van der Waals surface area (Å²) >= 11 is 0. The van der Waals surface area contributed by atoms with Gasteiger partial charge in [0.15, 0.2) is 11.9 Å². The molecule has 0 fully saturated rings. The van der Waals surface area contributed by atoms with Crippen molar-refractivity contribution in [2.24, 2.45) is 50.3 Å². The maximum absolute atomic E-state index is 14.3. The fraction of sp³-hybridized carbons (Fsp3) is 0.568. The third-order valence-electron chi connectivity index (χ3n) is 10.6. The fourth-order valence-electron chi connectivity index (χ4n) is 6.91. The van der Waals surface area contributed by atoms with E-state index in [-0.39, 0.29) is 88.8 Å². The number of aromatic amines is 1. The molecule has 0 radical (unpaired) electrons. The van der Waals surface area contributed by atoms with E-state index in [9.17, 15) is 48.6 Å². The molecule has 27 heteroatoms. The van der Waals surface area contributed by atoms with Crippen LogP contribution < -0.4 is 71.6 Å². The van der Waals surface area contributed by atoms with Crippen LogP contribution in [-0.2, 0) is 51.2 Å².